The Morgan fingerprint density at radius 3 is 2.48 bits per heavy atom. The molecule has 0 spiro atoms. The lowest BCUT2D eigenvalue weighted by atomic mass is 10.1. The van der Waals surface area contributed by atoms with Crippen molar-refractivity contribution in [2.45, 2.75) is 6.92 Å². The van der Waals surface area contributed by atoms with Gasteiger partial charge >= 0.3 is 5.97 Å². The molecule has 1 rings (SSSR count). The molecule has 0 aliphatic rings. The van der Waals surface area contributed by atoms with E-state index in [4.69, 9.17) is 4.74 Å². The van der Waals surface area contributed by atoms with Gasteiger partial charge in [0.05, 0.1) is 17.9 Å². The first-order valence-corrected chi connectivity index (χ1v) is 7.73. The van der Waals surface area contributed by atoms with E-state index in [2.05, 4.69) is 18.5 Å². The molecule has 0 saturated heterocycles. The van der Waals surface area contributed by atoms with E-state index in [1.54, 1.807) is 43.3 Å². The number of esters is 1. The normalized spacial score (nSPS) is 10.3. The predicted molar refractivity (Wildman–Crippen MR) is 96.7 cm³/mol. The Hall–Kier alpha value is -3.33. The number of nitrogens with one attached hydrogen (secondary N) is 1. The second kappa shape index (κ2) is 10.4. The Bertz CT molecular complexity index is 707. The molecule has 0 aliphatic carbocycles. The van der Waals surface area contributed by atoms with Crippen molar-refractivity contribution in [3.05, 3.63) is 66.9 Å². The summed E-state index contributed by atoms with van der Waals surface area (Å²) in [5.74, 6) is -0.938. The summed E-state index contributed by atoms with van der Waals surface area (Å²) in [7, 11) is 0. The summed E-state index contributed by atoms with van der Waals surface area (Å²) in [6, 6.07) is 8.56. The number of hydrogen-bond acceptors (Lipinski definition) is 5. The lowest BCUT2D eigenvalue weighted by molar-refractivity contribution is -0.125. The van der Waals surface area contributed by atoms with Crippen LogP contribution < -0.4 is 5.32 Å². The minimum atomic E-state index is -0.483. The summed E-state index contributed by atoms with van der Waals surface area (Å²) in [4.78, 5) is 25.8. The number of hydrogen-bond donors (Lipinski definition) is 1. The van der Waals surface area contributed by atoms with Crippen LogP contribution in [-0.2, 0) is 9.53 Å². The van der Waals surface area contributed by atoms with Crippen LogP contribution in [0.1, 0.15) is 17.3 Å². The summed E-state index contributed by atoms with van der Waals surface area (Å²) in [5, 5.41) is 12.1. The van der Waals surface area contributed by atoms with Crippen LogP contribution in [0, 0.1) is 11.3 Å². The fraction of sp³-hybridized carbons (Fsp3) is 0.211. The molecule has 6 heteroatoms. The second-order valence-corrected chi connectivity index (χ2v) is 4.87. The third-order valence-corrected chi connectivity index (χ3v) is 3.13. The van der Waals surface area contributed by atoms with Gasteiger partial charge in [-0.2, -0.15) is 5.26 Å². The first-order chi connectivity index (χ1) is 12.1. The zero-order valence-corrected chi connectivity index (χ0v) is 14.2. The number of ether oxygens (including phenoxy) is 1. The highest BCUT2D eigenvalue weighted by Gasteiger charge is 2.17. The van der Waals surface area contributed by atoms with Gasteiger partial charge in [-0.25, -0.2) is 4.79 Å². The monoisotopic (exact) mass is 339 g/mol. The molecule has 0 saturated carbocycles. The zero-order valence-electron chi connectivity index (χ0n) is 14.2. The second-order valence-electron chi connectivity index (χ2n) is 4.87. The highest BCUT2D eigenvalue weighted by atomic mass is 16.5. The molecule has 0 atom stereocenters. The van der Waals surface area contributed by atoms with Crippen LogP contribution in [0.25, 0.3) is 0 Å². The van der Waals surface area contributed by atoms with E-state index in [9.17, 15) is 14.9 Å². The SMILES string of the molecule is C=CCN(CC=C)C(=O)/C(C#N)=C\Nc1ccccc1C(=O)OCC. The Kier molecular flexibility index (Phi) is 8.24. The summed E-state index contributed by atoms with van der Waals surface area (Å²) in [6.45, 7) is 9.75. The van der Waals surface area contributed by atoms with Crippen molar-refractivity contribution in [3.8, 4) is 6.07 Å². The molecule has 1 N–H and O–H groups in total. The largest absolute Gasteiger partial charge is 0.462 e. The fourth-order valence-corrected chi connectivity index (χ4v) is 2.01. The van der Waals surface area contributed by atoms with Crippen molar-refractivity contribution in [2.75, 3.05) is 25.0 Å². The number of benzene rings is 1. The summed E-state index contributed by atoms with van der Waals surface area (Å²) >= 11 is 0. The number of amides is 1. The van der Waals surface area contributed by atoms with Gasteiger partial charge in [0.2, 0.25) is 0 Å². The van der Waals surface area contributed by atoms with Crippen LogP contribution in [-0.4, -0.2) is 36.5 Å². The zero-order chi connectivity index (χ0) is 18.7. The van der Waals surface area contributed by atoms with Crippen molar-refractivity contribution < 1.29 is 14.3 Å². The van der Waals surface area contributed by atoms with E-state index in [1.165, 1.54) is 11.1 Å². The molecule has 0 aliphatic heterocycles. The number of nitrogens with zero attached hydrogens (tertiary/aromatic N) is 2. The Balaban J connectivity index is 3.03. The van der Waals surface area contributed by atoms with Gasteiger partial charge in [-0.1, -0.05) is 24.3 Å². The molecule has 0 heterocycles. The minimum absolute atomic E-state index is 0.0950. The summed E-state index contributed by atoms with van der Waals surface area (Å²) in [6.07, 6.45) is 4.42. The van der Waals surface area contributed by atoms with E-state index >= 15 is 0 Å². The van der Waals surface area contributed by atoms with Crippen LogP contribution in [0.2, 0.25) is 0 Å². The molecule has 0 unspecified atom stereocenters. The molecule has 1 aromatic rings. The third-order valence-electron chi connectivity index (χ3n) is 3.13. The topological polar surface area (TPSA) is 82.4 Å². The molecule has 6 nitrogen and oxygen atoms in total. The highest BCUT2D eigenvalue weighted by molar-refractivity contribution is 5.99. The number of carbonyl (C=O) groups excluding carboxylic acids is 2. The van der Waals surface area contributed by atoms with E-state index in [-0.39, 0.29) is 12.2 Å². The van der Waals surface area contributed by atoms with Crippen molar-refractivity contribution in [1.29, 1.82) is 5.26 Å². The first-order valence-electron chi connectivity index (χ1n) is 7.73. The quantitative estimate of drug-likeness (QED) is 0.324. The van der Waals surface area contributed by atoms with Crippen LogP contribution in [0.15, 0.2) is 61.3 Å². The maximum atomic E-state index is 12.4. The molecule has 1 aromatic carbocycles. The van der Waals surface area contributed by atoms with Gasteiger partial charge in [0.25, 0.3) is 5.91 Å². The Labute approximate surface area is 147 Å². The number of carbonyl (C=O) groups is 2. The van der Waals surface area contributed by atoms with Crippen LogP contribution in [0.3, 0.4) is 0 Å². The fourth-order valence-electron chi connectivity index (χ4n) is 2.01. The maximum Gasteiger partial charge on any atom is 0.340 e. The van der Waals surface area contributed by atoms with Crippen LogP contribution >= 0.6 is 0 Å². The summed E-state index contributed by atoms with van der Waals surface area (Å²) in [5.41, 5.74) is 0.669. The van der Waals surface area contributed by atoms with Gasteiger partial charge in [0.1, 0.15) is 11.6 Å². The van der Waals surface area contributed by atoms with Gasteiger partial charge in [0.15, 0.2) is 0 Å². The molecular weight excluding hydrogens is 318 g/mol. The van der Waals surface area contributed by atoms with Crippen molar-refractivity contribution in [3.63, 3.8) is 0 Å². The number of anilines is 1. The van der Waals surface area contributed by atoms with E-state index < -0.39 is 11.9 Å². The van der Waals surface area contributed by atoms with Crippen molar-refractivity contribution in [1.82, 2.24) is 4.90 Å². The molecule has 0 bridgehead atoms. The van der Waals surface area contributed by atoms with Crippen LogP contribution in [0.5, 0.6) is 0 Å². The molecule has 0 fully saturated rings. The molecular formula is C19H21N3O3. The van der Waals surface area contributed by atoms with E-state index in [1.807, 2.05) is 6.07 Å². The average molecular weight is 339 g/mol. The smallest absolute Gasteiger partial charge is 0.340 e. The lowest BCUT2D eigenvalue weighted by Gasteiger charge is -2.18. The number of nitriles is 1. The Morgan fingerprint density at radius 1 is 1.28 bits per heavy atom. The average Bonchev–Trinajstić information content (AvgIpc) is 2.62. The molecule has 0 radical (unpaired) electrons. The molecule has 130 valence electrons. The first kappa shape index (κ1) is 19.7. The molecule has 1 amide bonds. The standard InChI is InChI=1S/C19H21N3O3/c1-4-11-22(12-5-2)18(23)15(13-20)14-21-17-10-8-7-9-16(17)19(24)25-6-3/h4-5,7-10,14,21H,1-2,6,11-12H2,3H3/b15-14-. The van der Waals surface area contributed by atoms with Gasteiger partial charge in [-0.3, -0.25) is 4.79 Å². The third kappa shape index (κ3) is 5.66. The minimum Gasteiger partial charge on any atom is -0.462 e. The predicted octanol–water partition coefficient (Wildman–Crippen LogP) is 2.88. The Morgan fingerprint density at radius 2 is 1.92 bits per heavy atom. The van der Waals surface area contributed by atoms with Gasteiger partial charge in [-0.05, 0) is 19.1 Å². The van der Waals surface area contributed by atoms with Gasteiger partial charge < -0.3 is 15.0 Å². The van der Waals surface area contributed by atoms with E-state index in [0.717, 1.165) is 0 Å². The summed E-state index contributed by atoms with van der Waals surface area (Å²) < 4.78 is 4.99. The number of para-hydroxylation sites is 1. The lowest BCUT2D eigenvalue weighted by Crippen LogP contribution is -2.32. The van der Waals surface area contributed by atoms with Crippen molar-refractivity contribution >= 4 is 17.6 Å². The maximum absolute atomic E-state index is 12.4. The highest BCUT2D eigenvalue weighted by Crippen LogP contribution is 2.17. The van der Waals surface area contributed by atoms with Crippen LogP contribution in [0.4, 0.5) is 5.69 Å². The van der Waals surface area contributed by atoms with Gasteiger partial charge in [-0.15, -0.1) is 13.2 Å². The molecule has 0 aromatic heterocycles. The van der Waals surface area contributed by atoms with Gasteiger partial charge in [0, 0.05) is 19.3 Å². The van der Waals surface area contributed by atoms with Crippen molar-refractivity contribution in [2.24, 2.45) is 0 Å². The molecule has 25 heavy (non-hydrogen) atoms. The number of rotatable bonds is 9. The van der Waals surface area contributed by atoms with E-state index in [0.29, 0.717) is 24.3 Å².